The summed E-state index contributed by atoms with van der Waals surface area (Å²) in [5.41, 5.74) is 1.17. The number of hydrogen-bond acceptors (Lipinski definition) is 2. The van der Waals surface area contributed by atoms with E-state index >= 15 is 0 Å². The van der Waals surface area contributed by atoms with Gasteiger partial charge < -0.3 is 0 Å². The lowest BCUT2D eigenvalue weighted by Crippen LogP contribution is -1.70. The van der Waals surface area contributed by atoms with Crippen molar-refractivity contribution >= 4 is 33.9 Å². The molecule has 0 fully saturated rings. The predicted molar refractivity (Wildman–Crippen MR) is 44.3 cm³/mol. The molecule has 0 aliphatic heterocycles. The van der Waals surface area contributed by atoms with Crippen molar-refractivity contribution in [1.82, 2.24) is 4.98 Å². The molecule has 0 radical (unpaired) electrons. The second-order valence-electron chi connectivity index (χ2n) is 1.61. The Bertz CT molecular complexity index is 175. The van der Waals surface area contributed by atoms with Gasteiger partial charge in [0.05, 0.1) is 5.69 Å². The molecule has 44 valence electrons. The summed E-state index contributed by atoms with van der Waals surface area (Å²) in [7, 11) is 0. The molecule has 0 amide bonds. The molecule has 0 unspecified atom stereocenters. The minimum Gasteiger partial charge on any atom is -0.235 e. The van der Waals surface area contributed by atoms with Gasteiger partial charge in [-0.2, -0.15) is 0 Å². The van der Waals surface area contributed by atoms with Gasteiger partial charge in [0, 0.05) is 4.88 Å². The molecule has 0 atom stereocenters. The summed E-state index contributed by atoms with van der Waals surface area (Å²) < 4.78 is 1.14. The van der Waals surface area contributed by atoms with Gasteiger partial charge in [-0.05, 0) is 36.4 Å². The Hall–Kier alpha value is 0.360. The maximum atomic E-state index is 4.22. The minimum atomic E-state index is 1.14. The van der Waals surface area contributed by atoms with Crippen LogP contribution in [-0.4, -0.2) is 4.98 Å². The Morgan fingerprint density at radius 1 is 1.50 bits per heavy atom. The summed E-state index contributed by atoms with van der Waals surface area (Å²) in [6.07, 6.45) is 0. The molecule has 0 bridgehead atoms. The van der Waals surface area contributed by atoms with Crippen molar-refractivity contribution in [2.24, 2.45) is 0 Å². The molecule has 8 heavy (non-hydrogen) atoms. The van der Waals surface area contributed by atoms with Gasteiger partial charge in [-0.3, -0.25) is 0 Å². The van der Waals surface area contributed by atoms with E-state index < -0.39 is 0 Å². The number of aryl methyl sites for hydroxylation is 2. The Labute approximate surface area is 66.3 Å². The van der Waals surface area contributed by atoms with E-state index in [0.717, 1.165) is 3.01 Å². The molecule has 1 heterocycles. The summed E-state index contributed by atoms with van der Waals surface area (Å²) in [5.74, 6) is 0. The van der Waals surface area contributed by atoms with Gasteiger partial charge in [-0.1, -0.05) is 0 Å². The third-order valence-corrected chi connectivity index (χ3v) is 2.77. The fourth-order valence-corrected chi connectivity index (χ4v) is 2.41. The highest BCUT2D eigenvalue weighted by Gasteiger charge is 1.97. The van der Waals surface area contributed by atoms with Gasteiger partial charge in [0.15, 0.2) is 3.01 Å². The second-order valence-corrected chi connectivity index (χ2v) is 4.57. The summed E-state index contributed by atoms with van der Waals surface area (Å²) in [4.78, 5) is 5.54. The first-order valence-corrected chi connectivity index (χ1v) is 4.19. The number of rotatable bonds is 0. The summed E-state index contributed by atoms with van der Waals surface area (Å²) in [5, 5.41) is 0. The monoisotopic (exact) mass is 239 g/mol. The molecule has 0 N–H and O–H groups in total. The Balaban J connectivity index is 3.14. The van der Waals surface area contributed by atoms with Crippen LogP contribution in [0.5, 0.6) is 0 Å². The van der Waals surface area contributed by atoms with E-state index in [2.05, 4.69) is 34.5 Å². The Kier molecular flexibility index (Phi) is 1.87. The molecule has 0 aliphatic carbocycles. The van der Waals surface area contributed by atoms with Gasteiger partial charge in [0.1, 0.15) is 0 Å². The number of hydrogen-bond donors (Lipinski definition) is 0. The van der Waals surface area contributed by atoms with Gasteiger partial charge in [0.25, 0.3) is 0 Å². The highest BCUT2D eigenvalue weighted by atomic mass is 127. The first kappa shape index (κ1) is 6.48. The molecule has 0 spiro atoms. The largest absolute Gasteiger partial charge is 0.235 e. The highest BCUT2D eigenvalue weighted by molar-refractivity contribution is 14.1. The summed E-state index contributed by atoms with van der Waals surface area (Å²) >= 11 is 3.98. The van der Waals surface area contributed by atoms with Crippen LogP contribution in [0.4, 0.5) is 0 Å². The van der Waals surface area contributed by atoms with Gasteiger partial charge >= 0.3 is 0 Å². The van der Waals surface area contributed by atoms with Crippen LogP contribution in [0, 0.1) is 16.9 Å². The van der Waals surface area contributed by atoms with Crippen LogP contribution in [-0.2, 0) is 0 Å². The lowest BCUT2D eigenvalue weighted by molar-refractivity contribution is 1.21. The minimum absolute atomic E-state index is 1.14. The number of aromatic nitrogens is 1. The van der Waals surface area contributed by atoms with E-state index in [1.54, 1.807) is 11.3 Å². The zero-order valence-electron chi connectivity index (χ0n) is 4.73. The van der Waals surface area contributed by atoms with Crippen molar-refractivity contribution in [1.29, 1.82) is 0 Å². The summed E-state index contributed by atoms with van der Waals surface area (Å²) in [6.45, 7) is 4.13. The van der Waals surface area contributed by atoms with Crippen LogP contribution in [0.25, 0.3) is 0 Å². The number of nitrogens with zero attached hydrogens (tertiary/aromatic N) is 1. The normalized spacial score (nSPS) is 9.88. The fourth-order valence-electron chi connectivity index (χ4n) is 0.434. The lowest BCUT2D eigenvalue weighted by Gasteiger charge is -1.77. The quantitative estimate of drug-likeness (QED) is 0.633. The molecule has 1 aromatic rings. The van der Waals surface area contributed by atoms with Crippen molar-refractivity contribution in [2.45, 2.75) is 13.8 Å². The smallest absolute Gasteiger partial charge is 0.154 e. The van der Waals surface area contributed by atoms with Crippen molar-refractivity contribution in [3.05, 3.63) is 13.6 Å². The first-order chi connectivity index (χ1) is 3.70. The SMILES string of the molecule is Cc1nc(I)sc1C. The van der Waals surface area contributed by atoms with Crippen molar-refractivity contribution in [2.75, 3.05) is 0 Å². The van der Waals surface area contributed by atoms with Gasteiger partial charge in [0.2, 0.25) is 0 Å². The fraction of sp³-hybridized carbons (Fsp3) is 0.400. The molecule has 1 nitrogen and oxygen atoms in total. The Morgan fingerprint density at radius 3 is 2.25 bits per heavy atom. The number of halogens is 1. The molecule has 0 saturated heterocycles. The average Bonchev–Trinajstić information content (AvgIpc) is 1.85. The average molecular weight is 239 g/mol. The van der Waals surface area contributed by atoms with Crippen LogP contribution >= 0.6 is 33.9 Å². The van der Waals surface area contributed by atoms with Crippen LogP contribution < -0.4 is 0 Å². The molecular formula is C5H6INS. The molecule has 0 aromatic carbocycles. The predicted octanol–water partition coefficient (Wildman–Crippen LogP) is 2.36. The van der Waals surface area contributed by atoms with E-state index in [-0.39, 0.29) is 0 Å². The zero-order chi connectivity index (χ0) is 6.15. The van der Waals surface area contributed by atoms with E-state index in [0.29, 0.717) is 0 Å². The molecule has 0 saturated carbocycles. The van der Waals surface area contributed by atoms with Gasteiger partial charge in [-0.25, -0.2) is 4.98 Å². The molecule has 0 aliphatic rings. The summed E-state index contributed by atoms with van der Waals surface area (Å²) in [6, 6.07) is 0. The maximum Gasteiger partial charge on any atom is 0.154 e. The van der Waals surface area contributed by atoms with E-state index in [9.17, 15) is 0 Å². The Morgan fingerprint density at radius 2 is 2.12 bits per heavy atom. The highest BCUT2D eigenvalue weighted by Crippen LogP contribution is 2.17. The molecular weight excluding hydrogens is 233 g/mol. The van der Waals surface area contributed by atoms with Crippen LogP contribution in [0.2, 0.25) is 0 Å². The topological polar surface area (TPSA) is 12.9 Å². The molecule has 1 rings (SSSR count). The second kappa shape index (κ2) is 2.31. The molecule has 1 aromatic heterocycles. The van der Waals surface area contributed by atoms with E-state index in [1.165, 1.54) is 10.6 Å². The first-order valence-electron chi connectivity index (χ1n) is 2.29. The standard InChI is InChI=1S/C5H6INS/c1-3-4(2)8-5(6)7-3/h1-2H3. The zero-order valence-corrected chi connectivity index (χ0v) is 7.71. The van der Waals surface area contributed by atoms with Gasteiger partial charge in [-0.15, -0.1) is 11.3 Å². The van der Waals surface area contributed by atoms with E-state index in [1.807, 2.05) is 6.92 Å². The maximum absolute atomic E-state index is 4.22. The third-order valence-electron chi connectivity index (χ3n) is 1.00. The number of thiazole rings is 1. The van der Waals surface area contributed by atoms with Crippen molar-refractivity contribution < 1.29 is 0 Å². The lowest BCUT2D eigenvalue weighted by atomic mass is 10.4. The molecule has 3 heteroatoms. The third kappa shape index (κ3) is 1.20. The van der Waals surface area contributed by atoms with Crippen LogP contribution in [0.3, 0.4) is 0 Å². The van der Waals surface area contributed by atoms with Crippen LogP contribution in [0.15, 0.2) is 0 Å². The van der Waals surface area contributed by atoms with Crippen molar-refractivity contribution in [3.63, 3.8) is 0 Å². The van der Waals surface area contributed by atoms with Crippen molar-refractivity contribution in [3.8, 4) is 0 Å². The van der Waals surface area contributed by atoms with Crippen LogP contribution in [0.1, 0.15) is 10.6 Å². The van der Waals surface area contributed by atoms with E-state index in [4.69, 9.17) is 0 Å².